The number of anilines is 1. The predicted molar refractivity (Wildman–Crippen MR) is 89.3 cm³/mol. The zero-order valence-corrected chi connectivity index (χ0v) is 15.2. The first-order valence-corrected chi connectivity index (χ1v) is 9.64. The molecule has 0 aliphatic carbocycles. The smallest absolute Gasteiger partial charge is 0.244 e. The molecule has 120 valence electrons. The van der Waals surface area contributed by atoms with Gasteiger partial charge in [-0.2, -0.15) is 11.8 Å². The van der Waals surface area contributed by atoms with Gasteiger partial charge in [-0.25, -0.2) is 13.1 Å². The highest BCUT2D eigenvalue weighted by molar-refractivity contribution is 9.10. The second kappa shape index (κ2) is 7.19. The summed E-state index contributed by atoms with van der Waals surface area (Å²) >= 11 is 4.65. The number of hydrogen-bond donors (Lipinski definition) is 3. The van der Waals surface area contributed by atoms with E-state index in [1.165, 1.54) is 31.0 Å². The van der Waals surface area contributed by atoms with E-state index in [-0.39, 0.29) is 22.9 Å². The summed E-state index contributed by atoms with van der Waals surface area (Å²) in [5.41, 5.74) is 4.87. The number of ether oxygens (including phenoxy) is 1. The van der Waals surface area contributed by atoms with Gasteiger partial charge in [0.05, 0.1) is 12.7 Å². The first kappa shape index (κ1) is 18.6. The molecule has 0 saturated carbocycles. The average molecular weight is 399 g/mol. The Hall–Kier alpha value is -0.480. The van der Waals surface area contributed by atoms with Crippen LogP contribution in [-0.2, 0) is 10.0 Å². The van der Waals surface area contributed by atoms with Gasteiger partial charge in [0.15, 0.2) is 0 Å². The van der Waals surface area contributed by atoms with Gasteiger partial charge in [-0.15, -0.1) is 0 Å². The van der Waals surface area contributed by atoms with Crippen LogP contribution in [0.1, 0.15) is 6.92 Å². The maximum Gasteiger partial charge on any atom is 0.244 e. The Balaban J connectivity index is 3.06. The van der Waals surface area contributed by atoms with Crippen molar-refractivity contribution in [1.29, 1.82) is 0 Å². The van der Waals surface area contributed by atoms with E-state index >= 15 is 0 Å². The standard InChI is InChI=1S/C12H19BrN2O4S2/c1-12(16,7-20-3)6-15-21(17,18)11-5-9(14)8(13)4-10(11)19-2/h4-5,15-16H,6-7,14H2,1-3H3. The molecule has 0 spiro atoms. The van der Waals surface area contributed by atoms with Crippen LogP contribution >= 0.6 is 27.7 Å². The molecule has 1 atom stereocenters. The third-order valence-electron chi connectivity index (χ3n) is 2.67. The van der Waals surface area contributed by atoms with Crippen LogP contribution in [0.25, 0.3) is 0 Å². The summed E-state index contributed by atoms with van der Waals surface area (Å²) < 4.78 is 32.7. The van der Waals surface area contributed by atoms with E-state index in [2.05, 4.69) is 20.7 Å². The summed E-state index contributed by atoms with van der Waals surface area (Å²) in [6.07, 6.45) is 1.83. The van der Waals surface area contributed by atoms with E-state index < -0.39 is 15.6 Å². The van der Waals surface area contributed by atoms with Crippen molar-refractivity contribution in [1.82, 2.24) is 4.72 Å². The van der Waals surface area contributed by atoms with Crippen LogP contribution in [0, 0.1) is 0 Å². The van der Waals surface area contributed by atoms with Gasteiger partial charge in [-0.1, -0.05) is 0 Å². The Bertz CT molecular complexity index is 606. The van der Waals surface area contributed by atoms with E-state index in [9.17, 15) is 13.5 Å². The van der Waals surface area contributed by atoms with Crippen LogP contribution in [0.4, 0.5) is 5.69 Å². The van der Waals surface area contributed by atoms with E-state index in [1.54, 1.807) is 6.92 Å². The van der Waals surface area contributed by atoms with Crippen molar-refractivity contribution in [3.8, 4) is 5.75 Å². The largest absolute Gasteiger partial charge is 0.495 e. The van der Waals surface area contributed by atoms with Crippen molar-refractivity contribution in [2.45, 2.75) is 17.4 Å². The van der Waals surface area contributed by atoms with Gasteiger partial charge >= 0.3 is 0 Å². The van der Waals surface area contributed by atoms with Crippen LogP contribution in [0.5, 0.6) is 5.75 Å². The van der Waals surface area contributed by atoms with Gasteiger partial charge in [0, 0.05) is 22.5 Å². The molecule has 0 bridgehead atoms. The number of thioether (sulfide) groups is 1. The lowest BCUT2D eigenvalue weighted by molar-refractivity contribution is 0.0908. The molecule has 4 N–H and O–H groups in total. The van der Waals surface area contributed by atoms with Crippen LogP contribution in [0.3, 0.4) is 0 Å². The molecule has 9 heteroatoms. The monoisotopic (exact) mass is 398 g/mol. The lowest BCUT2D eigenvalue weighted by Crippen LogP contribution is -2.42. The second-order valence-corrected chi connectivity index (χ2v) is 8.23. The second-order valence-electron chi connectivity index (χ2n) is 4.78. The Kier molecular flexibility index (Phi) is 6.36. The summed E-state index contributed by atoms with van der Waals surface area (Å²) in [7, 11) is -2.46. The van der Waals surface area contributed by atoms with Crippen LogP contribution in [0.2, 0.25) is 0 Å². The fourth-order valence-electron chi connectivity index (χ4n) is 1.61. The molecule has 0 saturated heterocycles. The highest BCUT2D eigenvalue weighted by Crippen LogP contribution is 2.32. The Morgan fingerprint density at radius 3 is 2.67 bits per heavy atom. The van der Waals surface area contributed by atoms with Crippen molar-refractivity contribution < 1.29 is 18.3 Å². The lowest BCUT2D eigenvalue weighted by Gasteiger charge is -2.22. The number of rotatable bonds is 7. The zero-order valence-electron chi connectivity index (χ0n) is 12.0. The molecule has 0 aliphatic heterocycles. The van der Waals surface area contributed by atoms with E-state index in [0.29, 0.717) is 10.2 Å². The summed E-state index contributed by atoms with van der Waals surface area (Å²) in [4.78, 5) is -0.0642. The van der Waals surface area contributed by atoms with Crippen molar-refractivity contribution in [3.63, 3.8) is 0 Å². The molecular formula is C12H19BrN2O4S2. The normalized spacial score (nSPS) is 14.7. The van der Waals surface area contributed by atoms with Gasteiger partial charge in [0.2, 0.25) is 10.0 Å². The van der Waals surface area contributed by atoms with Crippen molar-refractivity contribution in [2.75, 3.05) is 31.4 Å². The topological polar surface area (TPSA) is 102 Å². The molecule has 0 fully saturated rings. The lowest BCUT2D eigenvalue weighted by atomic mass is 10.1. The number of benzene rings is 1. The number of nitrogens with one attached hydrogen (secondary N) is 1. The van der Waals surface area contributed by atoms with E-state index in [4.69, 9.17) is 10.5 Å². The van der Waals surface area contributed by atoms with Gasteiger partial charge in [0.25, 0.3) is 0 Å². The summed E-state index contributed by atoms with van der Waals surface area (Å²) in [6.45, 7) is 1.47. The van der Waals surface area contributed by atoms with Gasteiger partial charge in [-0.05, 0) is 41.2 Å². The van der Waals surface area contributed by atoms with Crippen LogP contribution < -0.4 is 15.2 Å². The number of aliphatic hydroxyl groups is 1. The fraction of sp³-hybridized carbons (Fsp3) is 0.500. The van der Waals surface area contributed by atoms with Crippen LogP contribution in [0.15, 0.2) is 21.5 Å². The number of nitrogens with two attached hydrogens (primary N) is 1. The van der Waals surface area contributed by atoms with Crippen molar-refractivity contribution in [3.05, 3.63) is 16.6 Å². The van der Waals surface area contributed by atoms with Crippen molar-refractivity contribution in [2.24, 2.45) is 0 Å². The predicted octanol–water partition coefficient (Wildman–Crippen LogP) is 1.43. The number of sulfonamides is 1. The fourth-order valence-corrected chi connectivity index (χ4v) is 4.00. The highest BCUT2D eigenvalue weighted by atomic mass is 79.9. The molecule has 0 aromatic heterocycles. The van der Waals surface area contributed by atoms with Crippen LogP contribution in [-0.4, -0.2) is 44.8 Å². The molecule has 6 nitrogen and oxygen atoms in total. The third kappa shape index (κ3) is 5.03. The molecule has 0 radical (unpaired) electrons. The minimum Gasteiger partial charge on any atom is -0.495 e. The summed E-state index contributed by atoms with van der Waals surface area (Å²) in [6, 6.07) is 2.80. The number of methoxy groups -OCH3 is 1. The maximum absolute atomic E-state index is 12.3. The molecule has 1 rings (SSSR count). The third-order valence-corrected chi connectivity index (χ3v) is 5.69. The van der Waals surface area contributed by atoms with Gasteiger partial charge in [-0.3, -0.25) is 0 Å². The summed E-state index contributed by atoms with van der Waals surface area (Å²) in [5.74, 6) is 0.586. The highest BCUT2D eigenvalue weighted by Gasteiger charge is 2.26. The van der Waals surface area contributed by atoms with Gasteiger partial charge < -0.3 is 15.6 Å². The summed E-state index contributed by atoms with van der Waals surface area (Å²) in [5, 5.41) is 10.0. The quantitative estimate of drug-likeness (QED) is 0.600. The minimum absolute atomic E-state index is 0.0642. The molecular weight excluding hydrogens is 380 g/mol. The molecule has 0 aliphatic rings. The Morgan fingerprint density at radius 2 is 2.14 bits per heavy atom. The molecule has 1 aromatic carbocycles. The molecule has 1 unspecified atom stereocenters. The molecule has 1 aromatic rings. The molecule has 0 heterocycles. The zero-order chi connectivity index (χ0) is 16.3. The Morgan fingerprint density at radius 1 is 1.52 bits per heavy atom. The first-order chi connectivity index (χ1) is 9.63. The van der Waals surface area contributed by atoms with E-state index in [0.717, 1.165) is 0 Å². The minimum atomic E-state index is -3.84. The van der Waals surface area contributed by atoms with Gasteiger partial charge in [0.1, 0.15) is 10.6 Å². The molecule has 0 amide bonds. The number of hydrogen-bond acceptors (Lipinski definition) is 6. The number of halogens is 1. The SMILES string of the molecule is COc1cc(Br)c(N)cc1S(=O)(=O)NCC(C)(O)CSC. The number of nitrogen functional groups attached to an aromatic ring is 1. The maximum atomic E-state index is 12.3. The first-order valence-electron chi connectivity index (χ1n) is 5.97. The van der Waals surface area contributed by atoms with E-state index in [1.807, 2.05) is 6.26 Å². The average Bonchev–Trinajstić information content (AvgIpc) is 2.39. The Labute approximate surface area is 137 Å². The van der Waals surface area contributed by atoms with Crippen molar-refractivity contribution >= 4 is 43.4 Å². The molecule has 21 heavy (non-hydrogen) atoms.